The van der Waals surface area contributed by atoms with Crippen molar-refractivity contribution in [3.8, 4) is 0 Å². The van der Waals surface area contributed by atoms with E-state index in [1.54, 1.807) is 0 Å². The molecule has 0 bridgehead atoms. The number of nitrogens with zero attached hydrogens (tertiary/aromatic N) is 1. The van der Waals surface area contributed by atoms with Crippen molar-refractivity contribution in [3.63, 3.8) is 0 Å². The average Bonchev–Trinajstić information content (AvgIpc) is 2.70. The average molecular weight is 202 g/mol. The SMILES string of the molecule is CC(C)Cc1ccccc1C1=NCCN1. The Bertz CT molecular complexity index is 367. The Balaban J connectivity index is 2.29. The minimum Gasteiger partial charge on any atom is -0.368 e. The number of benzene rings is 1. The largest absolute Gasteiger partial charge is 0.368 e. The van der Waals surface area contributed by atoms with Crippen molar-refractivity contribution in [1.82, 2.24) is 5.32 Å². The maximum atomic E-state index is 4.48. The smallest absolute Gasteiger partial charge is 0.128 e. The molecule has 1 aliphatic heterocycles. The van der Waals surface area contributed by atoms with E-state index in [0.29, 0.717) is 5.92 Å². The Morgan fingerprint density at radius 3 is 2.80 bits per heavy atom. The fourth-order valence-corrected chi connectivity index (χ4v) is 1.95. The van der Waals surface area contributed by atoms with Crippen LogP contribution in [0.25, 0.3) is 0 Å². The van der Waals surface area contributed by atoms with E-state index in [2.05, 4.69) is 48.4 Å². The predicted molar refractivity (Wildman–Crippen MR) is 64.4 cm³/mol. The van der Waals surface area contributed by atoms with Crippen molar-refractivity contribution >= 4 is 5.84 Å². The maximum absolute atomic E-state index is 4.48. The van der Waals surface area contributed by atoms with Crippen LogP contribution < -0.4 is 5.32 Å². The summed E-state index contributed by atoms with van der Waals surface area (Å²) in [6.07, 6.45) is 1.12. The highest BCUT2D eigenvalue weighted by molar-refractivity contribution is 6.00. The molecule has 1 heterocycles. The van der Waals surface area contributed by atoms with Gasteiger partial charge >= 0.3 is 0 Å². The van der Waals surface area contributed by atoms with E-state index in [9.17, 15) is 0 Å². The fraction of sp³-hybridized carbons (Fsp3) is 0.462. The van der Waals surface area contributed by atoms with Crippen LogP contribution in [-0.4, -0.2) is 18.9 Å². The van der Waals surface area contributed by atoms with Crippen molar-refractivity contribution in [2.45, 2.75) is 20.3 Å². The van der Waals surface area contributed by atoms with Gasteiger partial charge in [0.25, 0.3) is 0 Å². The van der Waals surface area contributed by atoms with Crippen LogP contribution in [0.1, 0.15) is 25.0 Å². The van der Waals surface area contributed by atoms with Gasteiger partial charge in [0.2, 0.25) is 0 Å². The Hall–Kier alpha value is -1.31. The predicted octanol–water partition coefficient (Wildman–Crippen LogP) is 2.23. The summed E-state index contributed by atoms with van der Waals surface area (Å²) in [7, 11) is 0. The first kappa shape index (κ1) is 10.2. The fourth-order valence-electron chi connectivity index (χ4n) is 1.95. The molecule has 0 amide bonds. The number of aliphatic imine (C=N–C) groups is 1. The first-order valence-corrected chi connectivity index (χ1v) is 5.64. The topological polar surface area (TPSA) is 24.4 Å². The molecule has 0 fully saturated rings. The van der Waals surface area contributed by atoms with Gasteiger partial charge in [0, 0.05) is 12.1 Å². The van der Waals surface area contributed by atoms with Crippen molar-refractivity contribution in [2.75, 3.05) is 13.1 Å². The zero-order valence-corrected chi connectivity index (χ0v) is 9.46. The minimum absolute atomic E-state index is 0.688. The van der Waals surface area contributed by atoms with E-state index in [0.717, 1.165) is 25.3 Å². The molecule has 1 aromatic rings. The van der Waals surface area contributed by atoms with E-state index < -0.39 is 0 Å². The third kappa shape index (κ3) is 2.38. The lowest BCUT2D eigenvalue weighted by atomic mass is 9.97. The van der Waals surface area contributed by atoms with Gasteiger partial charge < -0.3 is 5.32 Å². The monoisotopic (exact) mass is 202 g/mol. The van der Waals surface area contributed by atoms with Gasteiger partial charge in [-0.2, -0.15) is 0 Å². The molecular weight excluding hydrogens is 184 g/mol. The van der Waals surface area contributed by atoms with Gasteiger partial charge in [-0.15, -0.1) is 0 Å². The van der Waals surface area contributed by atoms with Crippen LogP contribution in [0.15, 0.2) is 29.3 Å². The zero-order valence-electron chi connectivity index (χ0n) is 9.46. The van der Waals surface area contributed by atoms with Crippen LogP contribution >= 0.6 is 0 Å². The summed E-state index contributed by atoms with van der Waals surface area (Å²) < 4.78 is 0. The molecule has 0 aliphatic carbocycles. The van der Waals surface area contributed by atoms with Gasteiger partial charge in [0.15, 0.2) is 0 Å². The van der Waals surface area contributed by atoms with Crippen molar-refractivity contribution in [3.05, 3.63) is 35.4 Å². The highest BCUT2D eigenvalue weighted by atomic mass is 15.1. The van der Waals surface area contributed by atoms with Crippen molar-refractivity contribution in [1.29, 1.82) is 0 Å². The molecule has 80 valence electrons. The number of hydrogen-bond donors (Lipinski definition) is 1. The van der Waals surface area contributed by atoms with E-state index in [-0.39, 0.29) is 0 Å². The summed E-state index contributed by atoms with van der Waals surface area (Å²) in [4.78, 5) is 4.48. The molecule has 0 atom stereocenters. The van der Waals surface area contributed by atoms with E-state index >= 15 is 0 Å². The van der Waals surface area contributed by atoms with Gasteiger partial charge in [-0.25, -0.2) is 0 Å². The number of amidine groups is 1. The summed E-state index contributed by atoms with van der Waals surface area (Å²) in [5.41, 5.74) is 2.68. The molecule has 15 heavy (non-hydrogen) atoms. The first-order valence-electron chi connectivity index (χ1n) is 5.64. The molecule has 1 aliphatic rings. The molecular formula is C13H18N2. The molecule has 0 radical (unpaired) electrons. The lowest BCUT2D eigenvalue weighted by molar-refractivity contribution is 0.646. The Morgan fingerprint density at radius 1 is 1.33 bits per heavy atom. The summed E-state index contributed by atoms with van der Waals surface area (Å²) in [6, 6.07) is 8.56. The summed E-state index contributed by atoms with van der Waals surface area (Å²) in [6.45, 7) is 6.39. The number of hydrogen-bond acceptors (Lipinski definition) is 2. The van der Waals surface area contributed by atoms with Crippen LogP contribution in [0.5, 0.6) is 0 Å². The Labute approximate surface area is 91.4 Å². The van der Waals surface area contributed by atoms with Crippen molar-refractivity contribution in [2.24, 2.45) is 10.9 Å². The molecule has 0 saturated heterocycles. The molecule has 0 saturated carbocycles. The molecule has 0 unspecified atom stereocenters. The summed E-state index contributed by atoms with van der Waals surface area (Å²) in [5, 5.41) is 3.34. The van der Waals surface area contributed by atoms with Gasteiger partial charge in [-0.1, -0.05) is 38.1 Å². The van der Waals surface area contributed by atoms with Crippen LogP contribution in [-0.2, 0) is 6.42 Å². The lowest BCUT2D eigenvalue weighted by Crippen LogP contribution is -2.21. The molecule has 0 aromatic heterocycles. The van der Waals surface area contributed by atoms with Gasteiger partial charge in [0.05, 0.1) is 6.54 Å². The first-order chi connectivity index (χ1) is 7.27. The standard InChI is InChI=1S/C13H18N2/c1-10(2)9-11-5-3-4-6-12(11)13-14-7-8-15-13/h3-6,10H,7-9H2,1-2H3,(H,14,15). The highest BCUT2D eigenvalue weighted by Crippen LogP contribution is 2.15. The third-order valence-electron chi connectivity index (χ3n) is 2.57. The molecule has 1 aromatic carbocycles. The van der Waals surface area contributed by atoms with E-state index in [4.69, 9.17) is 0 Å². The molecule has 2 nitrogen and oxygen atoms in total. The molecule has 2 rings (SSSR count). The Morgan fingerprint density at radius 2 is 2.13 bits per heavy atom. The van der Waals surface area contributed by atoms with Crippen LogP contribution in [0.4, 0.5) is 0 Å². The quantitative estimate of drug-likeness (QED) is 0.798. The van der Waals surface area contributed by atoms with Gasteiger partial charge in [-0.05, 0) is 17.9 Å². The van der Waals surface area contributed by atoms with Gasteiger partial charge in [0.1, 0.15) is 5.84 Å². The second kappa shape index (κ2) is 4.47. The van der Waals surface area contributed by atoms with Gasteiger partial charge in [-0.3, -0.25) is 4.99 Å². The van der Waals surface area contributed by atoms with Crippen molar-refractivity contribution < 1.29 is 0 Å². The van der Waals surface area contributed by atoms with E-state index in [1.807, 2.05) is 0 Å². The highest BCUT2D eigenvalue weighted by Gasteiger charge is 2.12. The summed E-state index contributed by atoms with van der Waals surface area (Å²) >= 11 is 0. The van der Waals surface area contributed by atoms with Crippen LogP contribution in [0.2, 0.25) is 0 Å². The molecule has 2 heteroatoms. The lowest BCUT2D eigenvalue weighted by Gasteiger charge is -2.11. The second-order valence-electron chi connectivity index (χ2n) is 4.41. The van der Waals surface area contributed by atoms with Crippen LogP contribution in [0.3, 0.4) is 0 Å². The van der Waals surface area contributed by atoms with E-state index in [1.165, 1.54) is 11.1 Å². The number of nitrogens with one attached hydrogen (secondary N) is 1. The summed E-state index contributed by atoms with van der Waals surface area (Å²) in [5.74, 6) is 1.76. The molecule has 0 spiro atoms. The normalized spacial score (nSPS) is 15.3. The molecule has 1 N–H and O–H groups in total. The zero-order chi connectivity index (χ0) is 10.7. The third-order valence-corrected chi connectivity index (χ3v) is 2.57. The minimum atomic E-state index is 0.688. The Kier molecular flexibility index (Phi) is 3.05. The maximum Gasteiger partial charge on any atom is 0.128 e. The second-order valence-corrected chi connectivity index (χ2v) is 4.41. The van der Waals surface area contributed by atoms with Crippen LogP contribution in [0, 0.1) is 5.92 Å². The number of rotatable bonds is 3.